The van der Waals surface area contributed by atoms with Crippen molar-refractivity contribution in [3.05, 3.63) is 76.5 Å². The number of hydrogen-bond donors (Lipinski definition) is 2. The zero-order valence-corrected chi connectivity index (χ0v) is 17.1. The van der Waals surface area contributed by atoms with E-state index >= 15 is 0 Å². The average molecular weight is 461 g/mol. The van der Waals surface area contributed by atoms with Crippen LogP contribution in [-0.4, -0.2) is 28.6 Å². The van der Waals surface area contributed by atoms with E-state index in [9.17, 15) is 26.4 Å². The van der Waals surface area contributed by atoms with Gasteiger partial charge in [0.15, 0.2) is 0 Å². The maximum Gasteiger partial charge on any atom is 0.416 e. The number of nitrogens with zero attached hydrogens (tertiary/aromatic N) is 3. The standard InChI is InChI=1S/C20H14F3N5O3S/c1-11-8-12(20(21,22)23)2-4-14(11)18-15-5-3-13(9-16(15)19(29)27-26-18)32(30,31)28-17-6-7-24-10-25-17/h2-10H,1H3,(H,27,29)(H,24,25,28). The van der Waals surface area contributed by atoms with Gasteiger partial charge in [-0.05, 0) is 42.8 Å². The van der Waals surface area contributed by atoms with Crippen molar-refractivity contribution in [3.63, 3.8) is 0 Å². The number of hydrogen-bond acceptors (Lipinski definition) is 6. The smallest absolute Gasteiger partial charge is 0.267 e. The number of nitrogens with one attached hydrogen (secondary N) is 2. The molecule has 32 heavy (non-hydrogen) atoms. The van der Waals surface area contributed by atoms with Gasteiger partial charge in [0.1, 0.15) is 12.1 Å². The van der Waals surface area contributed by atoms with Gasteiger partial charge < -0.3 is 0 Å². The third-order valence-corrected chi connectivity index (χ3v) is 6.05. The Hall–Kier alpha value is -3.80. The van der Waals surface area contributed by atoms with Crippen LogP contribution >= 0.6 is 0 Å². The number of aromatic nitrogens is 4. The minimum atomic E-state index is -4.50. The monoisotopic (exact) mass is 461 g/mol. The second-order valence-electron chi connectivity index (χ2n) is 6.84. The summed E-state index contributed by atoms with van der Waals surface area (Å²) in [5.41, 5.74) is -0.570. The van der Waals surface area contributed by atoms with Gasteiger partial charge in [-0.3, -0.25) is 9.52 Å². The molecular weight excluding hydrogens is 447 g/mol. The topological polar surface area (TPSA) is 118 Å². The van der Waals surface area contributed by atoms with E-state index in [1.165, 1.54) is 49.8 Å². The molecule has 0 radical (unpaired) electrons. The van der Waals surface area contributed by atoms with Gasteiger partial charge in [0.2, 0.25) is 0 Å². The number of aromatic amines is 1. The van der Waals surface area contributed by atoms with Crippen molar-refractivity contribution in [2.45, 2.75) is 18.0 Å². The molecular formula is C20H14F3N5O3S. The molecule has 2 heterocycles. The van der Waals surface area contributed by atoms with E-state index in [4.69, 9.17) is 0 Å². The molecule has 12 heteroatoms. The average Bonchev–Trinajstić information content (AvgIpc) is 2.74. The Morgan fingerprint density at radius 2 is 1.81 bits per heavy atom. The zero-order valence-electron chi connectivity index (χ0n) is 16.3. The number of sulfonamides is 1. The van der Waals surface area contributed by atoms with E-state index in [1.807, 2.05) is 0 Å². The molecule has 2 aromatic carbocycles. The van der Waals surface area contributed by atoms with Gasteiger partial charge >= 0.3 is 6.18 Å². The number of alkyl halides is 3. The molecule has 0 aliphatic heterocycles. The lowest BCUT2D eigenvalue weighted by Crippen LogP contribution is -2.15. The zero-order chi connectivity index (χ0) is 23.1. The molecule has 4 rings (SSSR count). The van der Waals surface area contributed by atoms with Gasteiger partial charge in [-0.25, -0.2) is 23.5 Å². The molecule has 2 N–H and O–H groups in total. The van der Waals surface area contributed by atoms with Crippen molar-refractivity contribution in [1.82, 2.24) is 20.2 Å². The Morgan fingerprint density at radius 1 is 1.03 bits per heavy atom. The first-order valence-corrected chi connectivity index (χ1v) is 10.5. The van der Waals surface area contributed by atoms with Gasteiger partial charge in [-0.2, -0.15) is 18.3 Å². The molecule has 0 aliphatic rings. The third-order valence-electron chi connectivity index (χ3n) is 4.70. The summed E-state index contributed by atoms with van der Waals surface area (Å²) < 4.78 is 66.6. The van der Waals surface area contributed by atoms with Crippen LogP contribution in [0, 0.1) is 6.92 Å². The van der Waals surface area contributed by atoms with Crippen LogP contribution in [0.5, 0.6) is 0 Å². The van der Waals surface area contributed by atoms with Crippen LogP contribution in [-0.2, 0) is 16.2 Å². The lowest BCUT2D eigenvalue weighted by Gasteiger charge is -2.13. The molecule has 0 bridgehead atoms. The highest BCUT2D eigenvalue weighted by atomic mass is 32.2. The van der Waals surface area contributed by atoms with Crippen molar-refractivity contribution in [2.75, 3.05) is 4.72 Å². The molecule has 0 saturated carbocycles. The molecule has 0 fully saturated rings. The van der Waals surface area contributed by atoms with Crippen LogP contribution in [0.1, 0.15) is 11.1 Å². The van der Waals surface area contributed by atoms with Crippen LogP contribution < -0.4 is 10.3 Å². The summed E-state index contributed by atoms with van der Waals surface area (Å²) in [6, 6.07) is 8.36. The van der Waals surface area contributed by atoms with Crippen molar-refractivity contribution in [2.24, 2.45) is 0 Å². The molecule has 164 valence electrons. The lowest BCUT2D eigenvalue weighted by atomic mass is 9.99. The molecule has 0 aliphatic carbocycles. The van der Waals surface area contributed by atoms with Gasteiger partial charge in [0.25, 0.3) is 15.6 Å². The maximum atomic E-state index is 13.0. The normalized spacial score (nSPS) is 12.1. The van der Waals surface area contributed by atoms with E-state index in [1.54, 1.807) is 0 Å². The first-order valence-electron chi connectivity index (χ1n) is 9.06. The van der Waals surface area contributed by atoms with Gasteiger partial charge in [0, 0.05) is 17.1 Å². The summed E-state index contributed by atoms with van der Waals surface area (Å²) in [7, 11) is -4.07. The van der Waals surface area contributed by atoms with Crippen LogP contribution in [0.25, 0.3) is 22.0 Å². The fraction of sp³-hybridized carbons (Fsp3) is 0.100. The number of H-pyrrole nitrogens is 1. The third kappa shape index (κ3) is 4.04. The molecule has 0 amide bonds. The van der Waals surface area contributed by atoms with Crippen molar-refractivity contribution >= 4 is 26.6 Å². The molecule has 0 atom stereocenters. The van der Waals surface area contributed by atoms with Crippen LogP contribution in [0.3, 0.4) is 0 Å². The molecule has 0 spiro atoms. The fourth-order valence-electron chi connectivity index (χ4n) is 3.17. The Balaban J connectivity index is 1.82. The summed E-state index contributed by atoms with van der Waals surface area (Å²) in [4.78, 5) is 19.7. The molecule has 0 saturated heterocycles. The van der Waals surface area contributed by atoms with Gasteiger partial charge in [0.05, 0.1) is 21.5 Å². The number of fused-ring (bicyclic) bond motifs is 1. The highest BCUT2D eigenvalue weighted by Crippen LogP contribution is 2.34. The van der Waals surface area contributed by atoms with E-state index < -0.39 is 27.3 Å². The van der Waals surface area contributed by atoms with Crippen molar-refractivity contribution in [3.8, 4) is 11.3 Å². The fourth-order valence-corrected chi connectivity index (χ4v) is 4.20. The number of benzene rings is 2. The van der Waals surface area contributed by atoms with Crippen LogP contribution in [0.4, 0.5) is 19.0 Å². The number of halogens is 3. The minimum absolute atomic E-state index is 0.0138. The quantitative estimate of drug-likeness (QED) is 0.480. The molecule has 2 aromatic heterocycles. The Labute approximate surface area is 179 Å². The largest absolute Gasteiger partial charge is 0.416 e. The highest BCUT2D eigenvalue weighted by Gasteiger charge is 2.31. The second kappa shape index (κ2) is 7.71. The molecule has 4 aromatic rings. The summed E-state index contributed by atoms with van der Waals surface area (Å²) in [6.45, 7) is 1.49. The van der Waals surface area contributed by atoms with Crippen LogP contribution in [0.15, 0.2) is 64.7 Å². The summed E-state index contributed by atoms with van der Waals surface area (Å²) in [6.07, 6.45) is -1.96. The Bertz CT molecular complexity index is 1490. The predicted molar refractivity (Wildman–Crippen MR) is 110 cm³/mol. The molecule has 8 nitrogen and oxygen atoms in total. The summed E-state index contributed by atoms with van der Waals surface area (Å²) in [5.74, 6) is 0.0461. The SMILES string of the molecule is Cc1cc(C(F)(F)F)ccc1-c1n[nH]c(=O)c2cc(S(=O)(=O)Nc3ccncn3)ccc12. The minimum Gasteiger partial charge on any atom is -0.267 e. The van der Waals surface area contributed by atoms with E-state index in [2.05, 4.69) is 24.9 Å². The van der Waals surface area contributed by atoms with Crippen LogP contribution in [0.2, 0.25) is 0 Å². The van der Waals surface area contributed by atoms with E-state index in [-0.39, 0.29) is 27.2 Å². The Morgan fingerprint density at radius 3 is 2.47 bits per heavy atom. The molecule has 0 unspecified atom stereocenters. The van der Waals surface area contributed by atoms with E-state index in [0.29, 0.717) is 11.1 Å². The predicted octanol–water partition coefficient (Wildman–Crippen LogP) is 3.51. The highest BCUT2D eigenvalue weighted by molar-refractivity contribution is 7.92. The summed E-state index contributed by atoms with van der Waals surface area (Å²) in [5, 5.41) is 6.57. The number of aryl methyl sites for hydroxylation is 1. The maximum absolute atomic E-state index is 13.0. The number of anilines is 1. The summed E-state index contributed by atoms with van der Waals surface area (Å²) >= 11 is 0. The lowest BCUT2D eigenvalue weighted by molar-refractivity contribution is -0.137. The van der Waals surface area contributed by atoms with Gasteiger partial charge in [-0.15, -0.1) is 0 Å². The van der Waals surface area contributed by atoms with Gasteiger partial charge in [-0.1, -0.05) is 12.1 Å². The Kier molecular flexibility index (Phi) is 5.17. The first-order chi connectivity index (χ1) is 15.1. The first kappa shape index (κ1) is 21.4. The van der Waals surface area contributed by atoms with Crippen molar-refractivity contribution < 1.29 is 21.6 Å². The van der Waals surface area contributed by atoms with Crippen molar-refractivity contribution in [1.29, 1.82) is 0 Å². The number of rotatable bonds is 4. The second-order valence-corrected chi connectivity index (χ2v) is 8.52. The van der Waals surface area contributed by atoms with E-state index in [0.717, 1.165) is 12.1 Å².